The molecular weight excluding hydrogens is 446 g/mol. The Hall–Kier alpha value is -4.46. The number of benzene rings is 2. The van der Waals surface area contributed by atoms with Crippen molar-refractivity contribution in [3.63, 3.8) is 0 Å². The summed E-state index contributed by atoms with van der Waals surface area (Å²) >= 11 is 0. The summed E-state index contributed by atoms with van der Waals surface area (Å²) in [5.41, 5.74) is 12.3. The number of aryl methyl sites for hydroxylation is 1. The van der Waals surface area contributed by atoms with Gasteiger partial charge >= 0.3 is 5.97 Å². The fraction of sp³-hybridized carbons (Fsp3) is 0.185. The Morgan fingerprint density at radius 1 is 1.11 bits per heavy atom. The second-order valence-corrected chi connectivity index (χ2v) is 8.47. The molecule has 0 radical (unpaired) electrons. The lowest BCUT2D eigenvalue weighted by atomic mass is 9.95. The van der Waals surface area contributed by atoms with Crippen molar-refractivity contribution in [1.29, 1.82) is 0 Å². The molecule has 8 nitrogen and oxygen atoms in total. The van der Waals surface area contributed by atoms with E-state index in [1.165, 1.54) is 0 Å². The second-order valence-electron chi connectivity index (χ2n) is 8.47. The van der Waals surface area contributed by atoms with Gasteiger partial charge in [0, 0.05) is 6.42 Å². The molecular formula is C27H23N3O5. The summed E-state index contributed by atoms with van der Waals surface area (Å²) in [6.07, 6.45) is -0.837. The molecule has 1 aliphatic rings. The Kier molecular flexibility index (Phi) is 5.36. The number of carbonyl (C=O) groups excluding carboxylic acids is 2. The van der Waals surface area contributed by atoms with Gasteiger partial charge in [-0.25, -0.2) is 9.31 Å². The lowest BCUT2D eigenvalue weighted by Gasteiger charge is -2.23. The maximum Gasteiger partial charge on any atom is 0.353 e. The molecule has 3 N–H and O–H groups in total. The van der Waals surface area contributed by atoms with Crippen LogP contribution in [0.4, 0.5) is 5.69 Å². The summed E-state index contributed by atoms with van der Waals surface area (Å²) in [5, 5.41) is 14.1. The summed E-state index contributed by atoms with van der Waals surface area (Å²) in [6.45, 7) is 3.56. The standard InChI is InChI=1S/C27H23N3O5/c1-3-17-19(13-16-11-7-8-12-18(16)15-9-5-4-6-10-15)30-22(21(17)28)25-20(14(2)29-30)23(31)24(32)26(35-25)27(33)34/h4-12,26H,3,13,28H2,1-2H3,(H,33,34). The summed E-state index contributed by atoms with van der Waals surface area (Å²) in [4.78, 5) is 36.7. The largest absolute Gasteiger partial charge is 0.478 e. The van der Waals surface area contributed by atoms with E-state index >= 15 is 0 Å². The molecule has 35 heavy (non-hydrogen) atoms. The Morgan fingerprint density at radius 3 is 2.49 bits per heavy atom. The van der Waals surface area contributed by atoms with Crippen molar-refractivity contribution in [2.75, 3.05) is 5.73 Å². The van der Waals surface area contributed by atoms with E-state index < -0.39 is 23.6 Å². The van der Waals surface area contributed by atoms with Crippen LogP contribution >= 0.6 is 0 Å². The summed E-state index contributed by atoms with van der Waals surface area (Å²) in [5.74, 6) is -3.60. The monoisotopic (exact) mass is 469 g/mol. The second kappa shape index (κ2) is 8.39. The number of fused-ring (bicyclic) bond motifs is 3. The van der Waals surface area contributed by atoms with E-state index in [2.05, 4.69) is 11.2 Å². The molecule has 4 aromatic rings. The molecule has 0 aliphatic carbocycles. The van der Waals surface area contributed by atoms with Gasteiger partial charge in [-0.15, -0.1) is 0 Å². The number of carbonyl (C=O) groups is 3. The normalized spacial score (nSPS) is 15.2. The number of hydrogen-bond acceptors (Lipinski definition) is 6. The molecule has 5 rings (SSSR count). The van der Waals surface area contributed by atoms with E-state index in [0.29, 0.717) is 24.0 Å². The number of ketones is 2. The van der Waals surface area contributed by atoms with Crippen molar-refractivity contribution >= 4 is 28.7 Å². The molecule has 2 aromatic carbocycles. The van der Waals surface area contributed by atoms with Crippen molar-refractivity contribution in [1.82, 2.24) is 9.61 Å². The highest BCUT2D eigenvalue weighted by molar-refractivity contribution is 6.49. The Bertz CT molecular complexity index is 1520. The minimum Gasteiger partial charge on any atom is -0.478 e. The number of nitrogen functional groups attached to an aromatic ring is 1. The van der Waals surface area contributed by atoms with E-state index in [9.17, 15) is 19.5 Å². The number of hydrogen-bond donors (Lipinski definition) is 2. The first kappa shape index (κ1) is 22.3. The van der Waals surface area contributed by atoms with Crippen LogP contribution < -0.4 is 10.5 Å². The molecule has 3 heterocycles. The van der Waals surface area contributed by atoms with Crippen LogP contribution in [-0.2, 0) is 22.4 Å². The SMILES string of the molecule is CCc1c(N)c2c3c(c(C)nn2c1Cc1ccccc1-c1ccccc1)C(=O)C(=O)C(C(=O)O)O3. The molecule has 176 valence electrons. The third kappa shape index (κ3) is 3.45. The number of nitrogens with two attached hydrogens (primary N) is 1. The van der Waals surface area contributed by atoms with Gasteiger partial charge in [-0.2, -0.15) is 5.10 Å². The number of nitrogens with zero attached hydrogens (tertiary/aromatic N) is 2. The number of carboxylic acids is 1. The number of anilines is 1. The average Bonchev–Trinajstić information content (AvgIpc) is 3.11. The minimum absolute atomic E-state index is 0.00991. The van der Waals surface area contributed by atoms with Gasteiger partial charge in [0.25, 0.3) is 11.9 Å². The Labute approximate surface area is 200 Å². The number of rotatable bonds is 5. The molecule has 8 heteroatoms. The highest BCUT2D eigenvalue weighted by atomic mass is 16.5. The molecule has 0 saturated heterocycles. The van der Waals surface area contributed by atoms with Crippen molar-refractivity contribution in [3.8, 4) is 16.9 Å². The first-order chi connectivity index (χ1) is 16.8. The predicted octanol–water partition coefficient (Wildman–Crippen LogP) is 3.64. The van der Waals surface area contributed by atoms with Gasteiger partial charge in [0.05, 0.1) is 22.6 Å². The average molecular weight is 469 g/mol. The zero-order valence-corrected chi connectivity index (χ0v) is 19.2. The van der Waals surface area contributed by atoms with Crippen LogP contribution in [0.1, 0.15) is 39.8 Å². The van der Waals surface area contributed by atoms with Gasteiger partial charge in [-0.3, -0.25) is 9.59 Å². The van der Waals surface area contributed by atoms with Crippen molar-refractivity contribution in [3.05, 3.63) is 82.7 Å². The predicted molar refractivity (Wildman–Crippen MR) is 130 cm³/mol. The van der Waals surface area contributed by atoms with Crippen LogP contribution in [0.25, 0.3) is 16.6 Å². The van der Waals surface area contributed by atoms with Gasteiger partial charge in [0.1, 0.15) is 5.52 Å². The van der Waals surface area contributed by atoms with Crippen LogP contribution in [0.2, 0.25) is 0 Å². The third-order valence-corrected chi connectivity index (χ3v) is 6.41. The fourth-order valence-corrected chi connectivity index (χ4v) is 4.78. The highest BCUT2D eigenvalue weighted by Crippen LogP contribution is 2.40. The van der Waals surface area contributed by atoms with Crippen LogP contribution in [0.3, 0.4) is 0 Å². The summed E-state index contributed by atoms with van der Waals surface area (Å²) in [7, 11) is 0. The molecule has 1 atom stereocenters. The van der Waals surface area contributed by atoms with Gasteiger partial charge in [-0.05, 0) is 35.6 Å². The van der Waals surface area contributed by atoms with Gasteiger partial charge in [0.2, 0.25) is 5.78 Å². The van der Waals surface area contributed by atoms with E-state index in [1.54, 1.807) is 11.4 Å². The maximum atomic E-state index is 12.8. The molecule has 0 bridgehead atoms. The molecule has 1 unspecified atom stereocenters. The maximum absolute atomic E-state index is 12.8. The first-order valence-corrected chi connectivity index (χ1v) is 11.3. The number of carboxylic acid groups (broad SMARTS) is 1. The molecule has 0 fully saturated rings. The highest BCUT2D eigenvalue weighted by Gasteiger charge is 2.43. The topological polar surface area (TPSA) is 124 Å². The van der Waals surface area contributed by atoms with Crippen LogP contribution in [0.15, 0.2) is 54.6 Å². The van der Waals surface area contributed by atoms with Gasteiger partial charge in [0.15, 0.2) is 5.75 Å². The molecule has 0 amide bonds. The van der Waals surface area contributed by atoms with Crippen LogP contribution in [0.5, 0.6) is 5.75 Å². The number of ether oxygens (including phenoxy) is 1. The van der Waals surface area contributed by atoms with Crippen molar-refractivity contribution in [2.24, 2.45) is 0 Å². The van der Waals surface area contributed by atoms with Gasteiger partial charge < -0.3 is 15.6 Å². The number of Topliss-reactive ketones (excluding diaryl/α,β-unsaturated/α-hetero) is 2. The van der Waals surface area contributed by atoms with Crippen molar-refractivity contribution in [2.45, 2.75) is 32.8 Å². The quantitative estimate of drug-likeness (QED) is 0.338. The van der Waals surface area contributed by atoms with E-state index in [1.807, 2.05) is 55.5 Å². The number of aliphatic carboxylic acids is 1. The molecule has 0 saturated carbocycles. The zero-order chi connectivity index (χ0) is 24.9. The third-order valence-electron chi connectivity index (χ3n) is 6.41. The lowest BCUT2D eigenvalue weighted by molar-refractivity contribution is -0.149. The summed E-state index contributed by atoms with van der Waals surface area (Å²) < 4.78 is 7.23. The first-order valence-electron chi connectivity index (χ1n) is 11.3. The number of aromatic nitrogens is 2. The lowest BCUT2D eigenvalue weighted by Crippen LogP contribution is -2.44. The van der Waals surface area contributed by atoms with Crippen LogP contribution in [-0.4, -0.2) is 38.4 Å². The Morgan fingerprint density at radius 2 is 1.80 bits per heavy atom. The van der Waals surface area contributed by atoms with E-state index in [-0.39, 0.29) is 17.0 Å². The molecule has 2 aromatic heterocycles. The zero-order valence-electron chi connectivity index (χ0n) is 19.2. The Balaban J connectivity index is 1.74. The van der Waals surface area contributed by atoms with E-state index in [4.69, 9.17) is 10.5 Å². The molecule has 1 aliphatic heterocycles. The fourth-order valence-electron chi connectivity index (χ4n) is 4.78. The van der Waals surface area contributed by atoms with Crippen molar-refractivity contribution < 1.29 is 24.2 Å². The van der Waals surface area contributed by atoms with E-state index in [0.717, 1.165) is 27.9 Å². The minimum atomic E-state index is -1.91. The van der Waals surface area contributed by atoms with Gasteiger partial charge in [-0.1, -0.05) is 61.5 Å². The van der Waals surface area contributed by atoms with Crippen LogP contribution in [0, 0.1) is 6.92 Å². The smallest absolute Gasteiger partial charge is 0.353 e. The molecule has 0 spiro atoms. The summed E-state index contributed by atoms with van der Waals surface area (Å²) in [6, 6.07) is 18.1.